The van der Waals surface area contributed by atoms with Crippen LogP contribution < -0.4 is 5.32 Å². The van der Waals surface area contributed by atoms with E-state index in [9.17, 15) is 23.2 Å². The predicted octanol–water partition coefficient (Wildman–Crippen LogP) is 5.58. The van der Waals surface area contributed by atoms with Crippen molar-refractivity contribution < 1.29 is 22.4 Å². The second-order valence-electron chi connectivity index (χ2n) is 6.76. The van der Waals surface area contributed by atoms with Gasteiger partial charge in [-0.2, -0.15) is 18.4 Å². The van der Waals surface area contributed by atoms with E-state index in [4.69, 9.17) is 16.0 Å². The second-order valence-corrected chi connectivity index (χ2v) is 7.16. The number of alkyl halides is 3. The lowest BCUT2D eigenvalue weighted by Gasteiger charge is -2.14. The number of nitrogens with one attached hydrogen (secondary N) is 1. The van der Waals surface area contributed by atoms with E-state index in [0.717, 1.165) is 6.07 Å². The van der Waals surface area contributed by atoms with E-state index in [1.54, 1.807) is 36.6 Å². The van der Waals surface area contributed by atoms with Gasteiger partial charge in [0.05, 0.1) is 23.4 Å². The molecule has 9 heteroatoms. The highest BCUT2D eigenvalue weighted by Crippen LogP contribution is 2.36. The molecule has 0 aliphatic heterocycles. The van der Waals surface area contributed by atoms with Gasteiger partial charge in [-0.05, 0) is 61.9 Å². The maximum absolute atomic E-state index is 13.2. The van der Waals surface area contributed by atoms with E-state index >= 15 is 0 Å². The molecule has 3 aromatic rings. The Bertz CT molecular complexity index is 1190. The third-order valence-corrected chi connectivity index (χ3v) is 4.98. The van der Waals surface area contributed by atoms with E-state index in [0.29, 0.717) is 22.7 Å². The van der Waals surface area contributed by atoms with Crippen LogP contribution in [0.2, 0.25) is 5.02 Å². The molecule has 1 N–H and O–H groups in total. The van der Waals surface area contributed by atoms with Crippen molar-refractivity contribution in [3.63, 3.8) is 0 Å². The molecule has 31 heavy (non-hydrogen) atoms. The summed E-state index contributed by atoms with van der Waals surface area (Å²) in [6.45, 7) is 3.53. The topological polar surface area (TPSA) is 71.0 Å². The molecule has 2 aromatic heterocycles. The lowest BCUT2D eigenvalue weighted by molar-refractivity contribution is -0.137. The van der Waals surface area contributed by atoms with Gasteiger partial charge in [0.25, 0.3) is 5.91 Å². The van der Waals surface area contributed by atoms with Crippen LogP contribution in [0.5, 0.6) is 0 Å². The molecule has 0 radical (unpaired) electrons. The van der Waals surface area contributed by atoms with Crippen molar-refractivity contribution in [3.05, 3.63) is 81.5 Å². The zero-order valence-electron chi connectivity index (χ0n) is 16.5. The molecule has 5 nitrogen and oxygen atoms in total. The Balaban J connectivity index is 1.94. The molecule has 0 fully saturated rings. The van der Waals surface area contributed by atoms with Gasteiger partial charge in [-0.3, -0.25) is 4.79 Å². The summed E-state index contributed by atoms with van der Waals surface area (Å²) in [5, 5.41) is 11.6. The number of carbonyl (C=O) groups excluding carboxylic acids is 1. The summed E-state index contributed by atoms with van der Waals surface area (Å²) in [6.07, 6.45) is -1.72. The highest BCUT2D eigenvalue weighted by molar-refractivity contribution is 6.31. The fourth-order valence-electron chi connectivity index (χ4n) is 3.18. The number of hydrogen-bond donors (Lipinski definition) is 1. The molecule has 2 heterocycles. The number of furan rings is 1. The van der Waals surface area contributed by atoms with Gasteiger partial charge in [-0.1, -0.05) is 11.6 Å². The second kappa shape index (κ2) is 8.74. The Labute approximate surface area is 181 Å². The summed E-state index contributed by atoms with van der Waals surface area (Å²) in [7, 11) is 0. The minimum absolute atomic E-state index is 0.120. The first-order valence-corrected chi connectivity index (χ1v) is 9.48. The van der Waals surface area contributed by atoms with Gasteiger partial charge in [0.2, 0.25) is 0 Å². The van der Waals surface area contributed by atoms with E-state index < -0.39 is 17.6 Å². The lowest BCUT2D eigenvalue weighted by Crippen LogP contribution is -2.23. The normalized spacial score (nSPS) is 12.0. The van der Waals surface area contributed by atoms with Crippen LogP contribution in [0.15, 0.2) is 52.7 Å². The molecule has 1 amide bonds. The van der Waals surface area contributed by atoms with Gasteiger partial charge in [0.15, 0.2) is 0 Å². The van der Waals surface area contributed by atoms with E-state index in [1.165, 1.54) is 24.5 Å². The van der Waals surface area contributed by atoms with Crippen LogP contribution in [0.3, 0.4) is 0 Å². The largest absolute Gasteiger partial charge is 0.467 e. The van der Waals surface area contributed by atoms with Crippen LogP contribution in [0, 0.1) is 25.2 Å². The first kappa shape index (κ1) is 22.2. The third-order valence-electron chi connectivity index (χ3n) is 4.65. The summed E-state index contributed by atoms with van der Waals surface area (Å²) in [6, 6.07) is 10.5. The molecule has 0 aliphatic rings. The van der Waals surface area contributed by atoms with E-state index in [2.05, 4.69) is 5.32 Å². The highest BCUT2D eigenvalue weighted by atomic mass is 35.5. The van der Waals surface area contributed by atoms with Crippen molar-refractivity contribution >= 4 is 23.6 Å². The van der Waals surface area contributed by atoms with Crippen LogP contribution in [0.1, 0.15) is 28.3 Å². The molecule has 1 aromatic carbocycles. The first-order chi connectivity index (χ1) is 14.6. The van der Waals surface area contributed by atoms with E-state index in [1.807, 2.05) is 6.07 Å². The summed E-state index contributed by atoms with van der Waals surface area (Å²) in [4.78, 5) is 12.3. The Hall–Kier alpha value is -3.44. The van der Waals surface area contributed by atoms with Gasteiger partial charge >= 0.3 is 6.18 Å². The number of aromatic nitrogens is 1. The number of halogens is 4. The van der Waals surface area contributed by atoms with Gasteiger partial charge in [-0.15, -0.1) is 0 Å². The smallest absolute Gasteiger partial charge is 0.417 e. The number of nitriles is 1. The molecular formula is C22H17ClF3N3O2. The molecule has 3 rings (SSSR count). The lowest BCUT2D eigenvalue weighted by atomic mass is 10.1. The Kier molecular flexibility index (Phi) is 6.27. The number of carbonyl (C=O) groups is 1. The minimum Gasteiger partial charge on any atom is -0.467 e. The summed E-state index contributed by atoms with van der Waals surface area (Å²) >= 11 is 5.72. The summed E-state index contributed by atoms with van der Waals surface area (Å²) in [5.74, 6) is -0.0541. The fourth-order valence-corrected chi connectivity index (χ4v) is 3.41. The molecule has 0 unspecified atom stereocenters. The van der Waals surface area contributed by atoms with Crippen LogP contribution in [0.25, 0.3) is 11.8 Å². The summed E-state index contributed by atoms with van der Waals surface area (Å²) < 4.78 is 46.5. The van der Waals surface area contributed by atoms with Gasteiger partial charge in [-0.25, -0.2) is 0 Å². The molecule has 0 atom stereocenters. The average molecular weight is 448 g/mol. The quantitative estimate of drug-likeness (QED) is 0.410. The molecule has 0 saturated heterocycles. The predicted molar refractivity (Wildman–Crippen MR) is 109 cm³/mol. The zero-order valence-corrected chi connectivity index (χ0v) is 17.3. The average Bonchev–Trinajstić information content (AvgIpc) is 3.32. The molecular weight excluding hydrogens is 431 g/mol. The van der Waals surface area contributed by atoms with Crippen LogP contribution in [-0.4, -0.2) is 10.5 Å². The van der Waals surface area contributed by atoms with Crippen molar-refractivity contribution in [2.75, 3.05) is 0 Å². The first-order valence-electron chi connectivity index (χ1n) is 9.10. The third kappa shape index (κ3) is 4.84. The van der Waals surface area contributed by atoms with E-state index in [-0.39, 0.29) is 22.8 Å². The van der Waals surface area contributed by atoms with Crippen LogP contribution >= 0.6 is 11.6 Å². The number of benzene rings is 1. The van der Waals surface area contributed by atoms with Crippen molar-refractivity contribution in [1.82, 2.24) is 9.88 Å². The maximum Gasteiger partial charge on any atom is 0.417 e. The molecule has 160 valence electrons. The monoisotopic (exact) mass is 447 g/mol. The number of aryl methyl sites for hydroxylation is 1. The molecule has 0 spiro atoms. The standard InChI is InChI=1S/C22H17ClF3N3O2/c1-13-8-15(9-16(11-27)21(30)28-12-18-4-3-7-31-18)14(2)29(13)17-5-6-20(23)19(10-17)22(24,25)26/h3-10H,12H2,1-2H3,(H,28,30)/b16-9-. The SMILES string of the molecule is Cc1cc(/C=C(/C#N)C(=O)NCc2ccco2)c(C)n1-c1ccc(Cl)c(C(F)(F)F)c1. The molecule has 0 bridgehead atoms. The fraction of sp³-hybridized carbons (Fsp3) is 0.182. The Morgan fingerprint density at radius 1 is 1.29 bits per heavy atom. The highest BCUT2D eigenvalue weighted by Gasteiger charge is 2.33. The maximum atomic E-state index is 13.2. The van der Waals surface area contributed by atoms with Crippen LogP contribution in [-0.2, 0) is 17.5 Å². The van der Waals surface area contributed by atoms with Gasteiger partial charge < -0.3 is 14.3 Å². The number of nitrogens with zero attached hydrogens (tertiary/aromatic N) is 2. The van der Waals surface area contributed by atoms with Gasteiger partial charge in [0, 0.05) is 17.1 Å². The Morgan fingerprint density at radius 2 is 2.03 bits per heavy atom. The Morgan fingerprint density at radius 3 is 2.65 bits per heavy atom. The molecule has 0 saturated carbocycles. The zero-order chi connectivity index (χ0) is 22.8. The number of hydrogen-bond acceptors (Lipinski definition) is 3. The van der Waals surface area contributed by atoms with Crippen molar-refractivity contribution in [3.8, 4) is 11.8 Å². The number of amides is 1. The van der Waals surface area contributed by atoms with Crippen LogP contribution in [0.4, 0.5) is 13.2 Å². The van der Waals surface area contributed by atoms with Gasteiger partial charge in [0.1, 0.15) is 17.4 Å². The van der Waals surface area contributed by atoms with Crippen molar-refractivity contribution in [2.24, 2.45) is 0 Å². The number of rotatable bonds is 5. The minimum atomic E-state index is -4.59. The van der Waals surface area contributed by atoms with Crippen molar-refractivity contribution in [2.45, 2.75) is 26.6 Å². The van der Waals surface area contributed by atoms with Crippen molar-refractivity contribution in [1.29, 1.82) is 5.26 Å². The molecule has 0 aliphatic carbocycles. The summed E-state index contributed by atoms with van der Waals surface area (Å²) in [5.41, 5.74) is 0.926.